The maximum absolute atomic E-state index is 13.8. The Morgan fingerprint density at radius 1 is 1.14 bits per heavy atom. The fourth-order valence-corrected chi connectivity index (χ4v) is 3.66. The molecule has 6 heteroatoms. The first kappa shape index (κ1) is 20.7. The zero-order valence-corrected chi connectivity index (χ0v) is 17.2. The first-order valence-corrected chi connectivity index (χ1v) is 10.4. The van der Waals surface area contributed by atoms with Crippen LogP contribution in [-0.2, 0) is 11.2 Å². The highest BCUT2D eigenvalue weighted by Crippen LogP contribution is 2.23. The Kier molecular flexibility index (Phi) is 7.77. The first-order valence-electron chi connectivity index (χ1n) is 9.95. The minimum Gasteiger partial charge on any atom is -0.370 e. The van der Waals surface area contributed by atoms with E-state index in [0.717, 1.165) is 56.9 Å². The molecule has 3 N–H and O–H groups in total. The topological polar surface area (TPSA) is 37.7 Å². The number of quaternary nitrogens is 1. The lowest BCUT2D eigenvalue weighted by molar-refractivity contribution is -0.906. The molecule has 1 saturated heterocycles. The van der Waals surface area contributed by atoms with Crippen LogP contribution in [-0.4, -0.2) is 44.5 Å². The molecule has 0 radical (unpaired) electrons. The van der Waals surface area contributed by atoms with E-state index in [0.29, 0.717) is 5.11 Å². The fraction of sp³-hybridized carbons (Fsp3) is 0.409. The third kappa shape index (κ3) is 5.99. The molecule has 150 valence electrons. The molecule has 4 nitrogen and oxygen atoms in total. The molecule has 2 aromatic carbocycles. The molecule has 3 rings (SSSR count). The zero-order chi connectivity index (χ0) is 19.8. The largest absolute Gasteiger partial charge is 0.370 e. The van der Waals surface area contributed by atoms with E-state index in [9.17, 15) is 4.39 Å². The lowest BCUT2D eigenvalue weighted by atomic mass is 9.97. The Hall–Kier alpha value is -2.02. The first-order chi connectivity index (χ1) is 13.7. The van der Waals surface area contributed by atoms with Gasteiger partial charge in [-0.05, 0) is 47.5 Å². The number of benzene rings is 2. The Morgan fingerprint density at radius 2 is 1.89 bits per heavy atom. The Labute approximate surface area is 172 Å². The van der Waals surface area contributed by atoms with E-state index < -0.39 is 0 Å². The van der Waals surface area contributed by atoms with Crippen LogP contribution in [0.15, 0.2) is 48.5 Å². The van der Waals surface area contributed by atoms with Crippen LogP contribution in [0.2, 0.25) is 0 Å². The second-order valence-corrected chi connectivity index (χ2v) is 7.50. The van der Waals surface area contributed by atoms with E-state index >= 15 is 0 Å². The van der Waals surface area contributed by atoms with Gasteiger partial charge < -0.3 is 20.3 Å². The fourth-order valence-electron chi connectivity index (χ4n) is 3.44. The molecule has 1 aliphatic rings. The summed E-state index contributed by atoms with van der Waals surface area (Å²) in [6.07, 6.45) is 0.988. The van der Waals surface area contributed by atoms with Gasteiger partial charge in [0.25, 0.3) is 0 Å². The third-order valence-electron chi connectivity index (χ3n) is 5.14. The van der Waals surface area contributed by atoms with Crippen LogP contribution < -0.4 is 15.5 Å². The molecule has 2 aromatic rings. The summed E-state index contributed by atoms with van der Waals surface area (Å²) >= 11 is 5.53. The summed E-state index contributed by atoms with van der Waals surface area (Å²) in [4.78, 5) is 1.53. The van der Waals surface area contributed by atoms with Gasteiger partial charge in [-0.15, -0.1) is 0 Å². The lowest BCUT2D eigenvalue weighted by Gasteiger charge is -2.25. The van der Waals surface area contributed by atoms with Gasteiger partial charge in [0.2, 0.25) is 0 Å². The molecule has 0 unspecified atom stereocenters. The number of rotatable bonds is 7. The van der Waals surface area contributed by atoms with Crippen LogP contribution in [0.1, 0.15) is 29.7 Å². The summed E-state index contributed by atoms with van der Waals surface area (Å²) in [6, 6.07) is 14.9. The second kappa shape index (κ2) is 10.5. The van der Waals surface area contributed by atoms with E-state index in [-0.39, 0.29) is 11.9 Å². The van der Waals surface area contributed by atoms with Gasteiger partial charge in [0.1, 0.15) is 18.9 Å². The van der Waals surface area contributed by atoms with Crippen molar-refractivity contribution in [2.45, 2.75) is 19.4 Å². The van der Waals surface area contributed by atoms with E-state index in [1.54, 1.807) is 12.1 Å². The molecule has 0 saturated carbocycles. The molecule has 0 aromatic heterocycles. The van der Waals surface area contributed by atoms with E-state index in [1.165, 1.54) is 16.5 Å². The van der Waals surface area contributed by atoms with Crippen LogP contribution >= 0.6 is 12.2 Å². The second-order valence-electron chi connectivity index (χ2n) is 7.10. The Balaban J connectivity index is 1.65. The molecular formula is C22H29FN3OS+. The number of halogens is 1. The molecule has 0 spiro atoms. The van der Waals surface area contributed by atoms with E-state index in [4.69, 9.17) is 17.0 Å². The van der Waals surface area contributed by atoms with Crippen molar-refractivity contribution < 1.29 is 14.0 Å². The summed E-state index contributed by atoms with van der Waals surface area (Å²) in [5, 5.41) is 7.26. The van der Waals surface area contributed by atoms with Crippen LogP contribution in [0.5, 0.6) is 0 Å². The quantitative estimate of drug-likeness (QED) is 0.618. The molecule has 0 bridgehead atoms. The predicted octanol–water partition coefficient (Wildman–Crippen LogP) is 1.86. The summed E-state index contributed by atoms with van der Waals surface area (Å²) < 4.78 is 19.2. The average molecular weight is 403 g/mol. The number of hydrogen-bond donors (Lipinski definition) is 3. The van der Waals surface area contributed by atoms with Gasteiger partial charge in [0.15, 0.2) is 5.11 Å². The molecular weight excluding hydrogens is 373 g/mol. The standard InChI is InChI=1S/C22H28FN3OS/c1-2-17-6-8-18(9-7-17)21(19-4-3-5-20(23)16-19)25-22(28)24-10-11-26-12-14-27-15-13-26/h3-9,16,21H,2,10-15H2,1H3,(H2,24,25,28)/p+1/t21-/m1/s1. The summed E-state index contributed by atoms with van der Waals surface area (Å²) in [7, 11) is 0. The van der Waals surface area contributed by atoms with Gasteiger partial charge in [0.05, 0.1) is 32.3 Å². The molecule has 1 fully saturated rings. The number of thiocarbonyl (C=S) groups is 1. The normalized spacial score (nSPS) is 15.8. The molecule has 1 atom stereocenters. The minimum absolute atomic E-state index is 0.197. The zero-order valence-electron chi connectivity index (χ0n) is 16.3. The van der Waals surface area contributed by atoms with Gasteiger partial charge in [-0.2, -0.15) is 0 Å². The molecule has 0 aliphatic carbocycles. The molecule has 0 amide bonds. The maximum atomic E-state index is 13.8. The Bertz CT molecular complexity index is 763. The van der Waals surface area contributed by atoms with Gasteiger partial charge in [0, 0.05) is 0 Å². The number of morpholine rings is 1. The van der Waals surface area contributed by atoms with Gasteiger partial charge in [-0.1, -0.05) is 43.3 Å². The predicted molar refractivity (Wildman–Crippen MR) is 114 cm³/mol. The number of ether oxygens (including phenoxy) is 1. The van der Waals surface area contributed by atoms with Crippen molar-refractivity contribution in [2.24, 2.45) is 0 Å². The van der Waals surface area contributed by atoms with Crippen molar-refractivity contribution in [2.75, 3.05) is 39.4 Å². The third-order valence-corrected chi connectivity index (χ3v) is 5.40. The lowest BCUT2D eigenvalue weighted by Crippen LogP contribution is -3.14. The van der Waals surface area contributed by atoms with Crippen molar-refractivity contribution in [3.05, 3.63) is 71.0 Å². The maximum Gasteiger partial charge on any atom is 0.167 e. The number of hydrogen-bond acceptors (Lipinski definition) is 2. The van der Waals surface area contributed by atoms with Crippen molar-refractivity contribution in [3.8, 4) is 0 Å². The van der Waals surface area contributed by atoms with Gasteiger partial charge in [-0.25, -0.2) is 4.39 Å². The van der Waals surface area contributed by atoms with Crippen molar-refractivity contribution >= 4 is 17.3 Å². The highest BCUT2D eigenvalue weighted by molar-refractivity contribution is 7.80. The van der Waals surface area contributed by atoms with Crippen LogP contribution in [0, 0.1) is 5.82 Å². The smallest absolute Gasteiger partial charge is 0.167 e. The van der Waals surface area contributed by atoms with Gasteiger partial charge >= 0.3 is 0 Å². The summed E-state index contributed by atoms with van der Waals surface area (Å²) in [5.74, 6) is -0.246. The SMILES string of the molecule is CCc1ccc([C@@H](NC(=S)NCC[NH+]2CCOCC2)c2cccc(F)c2)cc1. The average Bonchev–Trinajstić information content (AvgIpc) is 2.73. The summed E-state index contributed by atoms with van der Waals surface area (Å²) in [6.45, 7) is 7.66. The van der Waals surface area contributed by atoms with E-state index in [2.05, 4.69) is 41.8 Å². The van der Waals surface area contributed by atoms with Crippen molar-refractivity contribution in [3.63, 3.8) is 0 Å². The van der Waals surface area contributed by atoms with Crippen molar-refractivity contribution in [1.29, 1.82) is 0 Å². The molecule has 1 heterocycles. The molecule has 1 aliphatic heterocycles. The van der Waals surface area contributed by atoms with Gasteiger partial charge in [-0.3, -0.25) is 0 Å². The van der Waals surface area contributed by atoms with Crippen LogP contribution in [0.25, 0.3) is 0 Å². The monoisotopic (exact) mass is 402 g/mol. The van der Waals surface area contributed by atoms with Crippen molar-refractivity contribution in [1.82, 2.24) is 10.6 Å². The number of aryl methyl sites for hydroxylation is 1. The Morgan fingerprint density at radius 3 is 2.57 bits per heavy atom. The highest BCUT2D eigenvalue weighted by atomic mass is 32.1. The summed E-state index contributed by atoms with van der Waals surface area (Å²) in [5.41, 5.74) is 3.19. The number of nitrogens with one attached hydrogen (secondary N) is 3. The van der Waals surface area contributed by atoms with Crippen LogP contribution in [0.3, 0.4) is 0 Å². The highest BCUT2D eigenvalue weighted by Gasteiger charge is 2.17. The van der Waals surface area contributed by atoms with E-state index in [1.807, 2.05) is 6.07 Å². The minimum atomic E-state index is -0.246. The molecule has 28 heavy (non-hydrogen) atoms. The van der Waals surface area contributed by atoms with Crippen LogP contribution in [0.4, 0.5) is 4.39 Å².